The minimum Gasteiger partial charge on any atom is -0.508 e. The molecule has 5 aromatic carbocycles. The van der Waals surface area contributed by atoms with E-state index in [1.807, 2.05) is 54.7 Å². The molecule has 2 aromatic heterocycles. The van der Waals surface area contributed by atoms with E-state index in [4.69, 9.17) is 14.2 Å². The number of dihydropyridines is 1. The lowest BCUT2D eigenvalue weighted by molar-refractivity contribution is -0.148. The summed E-state index contributed by atoms with van der Waals surface area (Å²) in [5, 5.41) is 52.4. The summed E-state index contributed by atoms with van der Waals surface area (Å²) in [5.74, 6) is 7.23. The van der Waals surface area contributed by atoms with Crippen LogP contribution >= 0.6 is 0 Å². The lowest BCUT2D eigenvalue weighted by Crippen LogP contribution is -2.36. The number of allylic oxidation sites excluding steroid dienone is 6. The third-order valence-corrected chi connectivity index (χ3v) is 20.9. The molecule has 474 valence electrons. The maximum absolute atomic E-state index is 15.5. The van der Waals surface area contributed by atoms with Gasteiger partial charge in [-0.25, -0.2) is 0 Å². The van der Waals surface area contributed by atoms with Gasteiger partial charge in [-0.3, -0.25) is 14.4 Å². The van der Waals surface area contributed by atoms with Gasteiger partial charge in [0.05, 0.1) is 30.9 Å². The fraction of sp³-hybridized carbons (Fsp3) is 0.372. The topological polar surface area (TPSA) is 196 Å². The van der Waals surface area contributed by atoms with E-state index in [1.165, 1.54) is 20.1 Å². The zero-order valence-electron chi connectivity index (χ0n) is 53.1. The second kappa shape index (κ2) is 25.5. The highest BCUT2D eigenvalue weighted by Gasteiger charge is 2.44. The lowest BCUT2D eigenvalue weighted by Gasteiger charge is -2.43. The normalized spacial score (nSPS) is 23.8. The number of aromatic amines is 1. The van der Waals surface area contributed by atoms with E-state index in [0.717, 1.165) is 98.2 Å². The highest BCUT2D eigenvalue weighted by atomic mass is 16.5. The molecule has 1 spiro atoms. The van der Waals surface area contributed by atoms with Gasteiger partial charge in [-0.15, -0.1) is 0 Å². The van der Waals surface area contributed by atoms with Gasteiger partial charge in [0.15, 0.2) is 11.5 Å². The van der Waals surface area contributed by atoms with Crippen LogP contribution in [-0.2, 0) is 32.0 Å². The summed E-state index contributed by atoms with van der Waals surface area (Å²) in [6.07, 6.45) is 22.7. The van der Waals surface area contributed by atoms with Crippen molar-refractivity contribution in [3.63, 3.8) is 0 Å². The van der Waals surface area contributed by atoms with Crippen LogP contribution in [-0.4, -0.2) is 73.8 Å². The monoisotopic (exact) mass is 1230 g/mol. The van der Waals surface area contributed by atoms with E-state index in [9.17, 15) is 30.0 Å². The van der Waals surface area contributed by atoms with E-state index in [0.29, 0.717) is 62.9 Å². The Morgan fingerprint density at radius 2 is 1.70 bits per heavy atom. The molecule has 4 aliphatic carbocycles. The van der Waals surface area contributed by atoms with Crippen LogP contribution < -0.4 is 19.7 Å². The number of aliphatic hydroxyl groups is 1. The average molecular weight is 1240 g/mol. The highest BCUT2D eigenvalue weighted by molar-refractivity contribution is 6.00. The van der Waals surface area contributed by atoms with Crippen LogP contribution in [0, 0.1) is 28.6 Å². The first-order chi connectivity index (χ1) is 44.5. The number of aromatic nitrogens is 2. The number of phenolic OH excluding ortho intramolecular Hbond substituents is 3. The van der Waals surface area contributed by atoms with E-state index in [1.54, 1.807) is 31.2 Å². The van der Waals surface area contributed by atoms with Crippen LogP contribution in [0.25, 0.3) is 10.8 Å². The van der Waals surface area contributed by atoms with Gasteiger partial charge in [-0.1, -0.05) is 117 Å². The van der Waals surface area contributed by atoms with Gasteiger partial charge in [0.1, 0.15) is 40.7 Å². The number of hydrogen-bond acceptors (Lipinski definition) is 12. The van der Waals surface area contributed by atoms with E-state index in [2.05, 4.69) is 106 Å². The molecule has 2 aliphatic heterocycles. The maximum Gasteiger partial charge on any atom is 0.302 e. The maximum atomic E-state index is 15.5. The standard InChI is InChI=1S/C78H82N4O10/c1-47-14-11-18-56-19-13-21-62-64-45-79-44-55(64)43-78(47,56)31-26-60(91-49(3)84)40-59(87)42-68(53-37-70(89)76(71(38-53)90-5)92-61-36-54(35-58(86)41-61)75(50-15-7-6-8-16-50)77(4)29-9-10-30-77)82-46-65-66(23-22-63-69(88)25-24-67(82)74(63)65)81(33-28-48(2)83)72-39-52(27-32-80-72)73(62)51-17-12-20-57(85)34-51/h6-8,11-12,14-18,20,22-23,27,34-39,41,44-47,60,62,68-69,73,75,79-80,85-86,88-89H,9-10,19,24-26,28-33,40,42-43H2,1-5H3/t47-,60+,62+,68+,69+,73-,75-,78-/m0/s1. The van der Waals surface area contributed by atoms with Gasteiger partial charge in [0.2, 0.25) is 5.75 Å². The predicted octanol–water partition coefficient (Wildman–Crippen LogP) is 15.0. The average Bonchev–Trinajstić information content (AvgIpc) is 1.56. The third kappa shape index (κ3) is 11.9. The number of rotatable bonds is 12. The number of fused-ring (bicyclic) bond motifs is 3. The molecule has 0 amide bonds. The molecular weight excluding hydrogens is 1150 g/mol. The van der Waals surface area contributed by atoms with Crippen LogP contribution in [0.3, 0.4) is 0 Å². The molecule has 7 aromatic rings. The van der Waals surface area contributed by atoms with Crippen molar-refractivity contribution < 1.29 is 49.0 Å². The minimum atomic E-state index is -0.798. The Labute approximate surface area is 538 Å². The number of anilines is 1. The number of aliphatic hydroxyl groups excluding tert-OH is 1. The molecule has 1 saturated carbocycles. The Bertz CT molecular complexity index is 4210. The molecule has 6 aliphatic rings. The van der Waals surface area contributed by atoms with Crippen molar-refractivity contribution >= 4 is 34.0 Å². The molecule has 14 heteroatoms. The summed E-state index contributed by atoms with van der Waals surface area (Å²) < 4.78 is 21.1. The minimum absolute atomic E-state index is 0.00442. The number of H-pyrrole nitrogens is 1. The number of esters is 1. The number of hydrogen-bond donors (Lipinski definition) is 6. The van der Waals surface area contributed by atoms with Crippen molar-refractivity contribution in [3.05, 3.63) is 208 Å². The second-order valence-electron chi connectivity index (χ2n) is 26.8. The molecule has 6 N–H and O–H groups in total. The van der Waals surface area contributed by atoms with Gasteiger partial charge >= 0.3 is 5.97 Å². The number of ether oxygens (including phenoxy) is 3. The third-order valence-electron chi connectivity index (χ3n) is 20.9. The molecule has 0 saturated heterocycles. The molecule has 1 fully saturated rings. The quantitative estimate of drug-likeness (QED) is 0.0501. The molecule has 14 nitrogen and oxygen atoms in total. The smallest absolute Gasteiger partial charge is 0.302 e. The first-order valence-electron chi connectivity index (χ1n) is 32.7. The van der Waals surface area contributed by atoms with E-state index in [-0.39, 0.29) is 88.7 Å². The molecule has 4 heterocycles. The van der Waals surface area contributed by atoms with Crippen molar-refractivity contribution in [2.75, 3.05) is 25.1 Å². The molecular formula is C78H82N4O10. The number of methoxy groups -OCH3 is 1. The fourth-order valence-electron chi connectivity index (χ4n) is 16.4. The first kappa shape index (κ1) is 61.7. The number of nitrogens with one attached hydrogen (secondary N) is 2. The number of aromatic hydroxyl groups is 3. The van der Waals surface area contributed by atoms with Gasteiger partial charge in [-0.05, 0) is 156 Å². The van der Waals surface area contributed by atoms with Crippen LogP contribution in [0.5, 0.6) is 34.5 Å². The summed E-state index contributed by atoms with van der Waals surface area (Å²) in [5.41, 5.74) is 9.53. The largest absolute Gasteiger partial charge is 0.508 e. The fourth-order valence-corrected chi connectivity index (χ4v) is 16.4. The van der Waals surface area contributed by atoms with Crippen molar-refractivity contribution in [2.45, 2.75) is 147 Å². The van der Waals surface area contributed by atoms with Crippen LogP contribution in [0.15, 0.2) is 163 Å². The molecule has 92 heavy (non-hydrogen) atoms. The summed E-state index contributed by atoms with van der Waals surface area (Å²) in [6.45, 7) is 8.27. The molecule has 13 rings (SSSR count). The van der Waals surface area contributed by atoms with Crippen LogP contribution in [0.2, 0.25) is 0 Å². The number of benzene rings is 5. The predicted molar refractivity (Wildman–Crippen MR) is 356 cm³/mol. The Hall–Kier alpha value is -9.19. The SMILES string of the molecule is COc1cc([C@H]2CC(=O)C[C@H](OC(C)=O)CC[C@@]34Cc5c[nH]cc5[C@@H](C#CCC3=CC=C[C@@H]4C)[C@@H](c3cccc(O)c3)C3=CCNC(=C3)N(CCC(C)=O)c3ccc4c5c(n2cc35)CC[C@H]4O)cc(O)c1Oc1cc(O)cc([C@H](c2ccccc2)C2(C)CCCC2)c1. The summed E-state index contributed by atoms with van der Waals surface area (Å²) >= 11 is 0. The molecule has 8 atom stereocenters. The van der Waals surface area contributed by atoms with Crippen molar-refractivity contribution in [1.29, 1.82) is 0 Å². The summed E-state index contributed by atoms with van der Waals surface area (Å²) in [4.78, 5) is 47.7. The summed E-state index contributed by atoms with van der Waals surface area (Å²) in [6, 6.07) is 29.7. The molecule has 0 unspecified atom stereocenters. The number of carbonyl (C=O) groups is 3. The van der Waals surface area contributed by atoms with Gasteiger partial charge in [0, 0.05) is 104 Å². The number of nitrogens with zero attached hydrogens (tertiary/aromatic N) is 2. The first-order valence-corrected chi connectivity index (χ1v) is 32.7. The van der Waals surface area contributed by atoms with Crippen molar-refractivity contribution in [3.8, 4) is 46.3 Å². The second-order valence-corrected chi connectivity index (χ2v) is 26.8. The van der Waals surface area contributed by atoms with Crippen LogP contribution in [0.4, 0.5) is 5.69 Å². The number of ketones is 2. The van der Waals surface area contributed by atoms with Gasteiger partial charge in [-0.2, -0.15) is 0 Å². The zero-order chi connectivity index (χ0) is 64.0. The van der Waals surface area contributed by atoms with E-state index < -0.39 is 29.6 Å². The zero-order valence-corrected chi connectivity index (χ0v) is 53.1. The van der Waals surface area contributed by atoms with E-state index >= 15 is 4.79 Å². The molecule has 0 radical (unpaired) electrons. The van der Waals surface area contributed by atoms with Crippen molar-refractivity contribution in [1.82, 2.24) is 14.9 Å². The Morgan fingerprint density at radius 3 is 2.48 bits per heavy atom. The van der Waals surface area contributed by atoms with Gasteiger partial charge in [0.25, 0.3) is 0 Å². The number of phenols is 3. The number of carbonyl (C=O) groups excluding carboxylic acids is 3. The molecule has 6 bridgehead atoms. The van der Waals surface area contributed by atoms with Crippen molar-refractivity contribution in [2.24, 2.45) is 16.7 Å². The number of aryl methyl sites for hydroxylation is 1. The Morgan fingerprint density at radius 1 is 0.870 bits per heavy atom. The van der Waals surface area contributed by atoms with Gasteiger partial charge < -0.3 is 54.4 Å². The highest BCUT2D eigenvalue weighted by Crippen LogP contribution is 2.55. The number of Topliss-reactive ketones (excluding diaryl/α,β-unsaturated/α-hetero) is 2. The Kier molecular flexibility index (Phi) is 17.1. The Balaban J connectivity index is 0.983. The van der Waals surface area contributed by atoms with Crippen LogP contribution in [0.1, 0.15) is 173 Å². The lowest BCUT2D eigenvalue weighted by atomic mass is 9.61. The summed E-state index contributed by atoms with van der Waals surface area (Å²) in [7, 11) is 1.50.